The maximum Gasteiger partial charge on any atom is 0.245 e. The lowest BCUT2D eigenvalue weighted by Gasteiger charge is -2.16. The van der Waals surface area contributed by atoms with Gasteiger partial charge in [-0.2, -0.15) is 0 Å². The highest BCUT2D eigenvalue weighted by Gasteiger charge is 2.21. The normalized spacial score (nSPS) is 15.2. The van der Waals surface area contributed by atoms with Crippen LogP contribution in [0.3, 0.4) is 0 Å². The van der Waals surface area contributed by atoms with Crippen molar-refractivity contribution < 1.29 is 9.53 Å². The molecule has 1 N–H and O–H groups in total. The summed E-state index contributed by atoms with van der Waals surface area (Å²) in [6.45, 7) is 1.11. The van der Waals surface area contributed by atoms with Crippen LogP contribution in [0.25, 0.3) is 10.9 Å². The van der Waals surface area contributed by atoms with E-state index in [-0.39, 0.29) is 5.91 Å². The van der Waals surface area contributed by atoms with Gasteiger partial charge in [0.2, 0.25) is 5.91 Å². The van der Waals surface area contributed by atoms with E-state index in [1.54, 1.807) is 11.7 Å². The van der Waals surface area contributed by atoms with Crippen LogP contribution in [0, 0.1) is 0 Å². The predicted octanol–water partition coefficient (Wildman–Crippen LogP) is 1.39. The lowest BCUT2D eigenvalue weighted by molar-refractivity contribution is 0.0899. The number of carbonyl (C=O) groups is 1. The lowest BCUT2D eigenvalue weighted by Crippen LogP contribution is -2.34. The van der Waals surface area contributed by atoms with E-state index >= 15 is 0 Å². The van der Waals surface area contributed by atoms with Crippen molar-refractivity contribution in [3.63, 3.8) is 0 Å². The van der Waals surface area contributed by atoms with E-state index in [1.165, 1.54) is 0 Å². The number of methoxy groups -OCH3 is 1. The summed E-state index contributed by atoms with van der Waals surface area (Å²) in [4.78, 5) is 11.9. The van der Waals surface area contributed by atoms with E-state index in [0.29, 0.717) is 6.54 Å². The minimum atomic E-state index is 0.0701. The molecule has 16 heavy (non-hydrogen) atoms. The molecule has 0 saturated carbocycles. The summed E-state index contributed by atoms with van der Waals surface area (Å²) in [6.07, 6.45) is 0. The van der Waals surface area contributed by atoms with Crippen molar-refractivity contribution in [3.05, 3.63) is 30.0 Å². The van der Waals surface area contributed by atoms with E-state index in [1.807, 2.05) is 24.3 Å². The summed E-state index contributed by atoms with van der Waals surface area (Å²) in [5.74, 6) is 0.819. The van der Waals surface area contributed by atoms with Crippen LogP contribution in [-0.2, 0) is 6.54 Å². The first-order valence-corrected chi connectivity index (χ1v) is 5.22. The van der Waals surface area contributed by atoms with Gasteiger partial charge in [-0.05, 0) is 12.1 Å². The molecule has 0 radical (unpaired) electrons. The maximum atomic E-state index is 11.9. The number of hydrogen-bond acceptors (Lipinski definition) is 3. The van der Waals surface area contributed by atoms with Crippen molar-refractivity contribution in [2.45, 2.75) is 6.54 Å². The summed E-state index contributed by atoms with van der Waals surface area (Å²) in [6, 6.07) is 7.84. The van der Waals surface area contributed by atoms with Crippen molar-refractivity contribution >= 4 is 16.8 Å². The minimum Gasteiger partial charge on any atom is -0.495 e. The molecule has 0 fully saturated rings. The standard InChI is InChI=1S/C12H12N2O2/c1-16-10-4-2-3-8-5-9-6-13-7-11(15)14(9)12(8)10/h2-5,13H,6-7H2,1H3. The summed E-state index contributed by atoms with van der Waals surface area (Å²) in [5, 5.41) is 4.13. The monoisotopic (exact) mass is 216 g/mol. The average molecular weight is 216 g/mol. The summed E-state index contributed by atoms with van der Waals surface area (Å²) >= 11 is 0. The first kappa shape index (κ1) is 9.42. The molecule has 4 nitrogen and oxygen atoms in total. The molecule has 0 aliphatic carbocycles. The smallest absolute Gasteiger partial charge is 0.245 e. The van der Waals surface area contributed by atoms with Gasteiger partial charge in [-0.25, -0.2) is 0 Å². The average Bonchev–Trinajstić information content (AvgIpc) is 2.68. The Kier molecular flexibility index (Phi) is 1.97. The Morgan fingerprint density at radius 3 is 3.06 bits per heavy atom. The molecule has 0 saturated heterocycles. The van der Waals surface area contributed by atoms with Crippen molar-refractivity contribution in [1.82, 2.24) is 9.88 Å². The van der Waals surface area contributed by atoms with Crippen LogP contribution in [0.4, 0.5) is 0 Å². The van der Waals surface area contributed by atoms with Gasteiger partial charge in [0.1, 0.15) is 5.75 Å². The Bertz CT molecular complexity index is 572. The van der Waals surface area contributed by atoms with Gasteiger partial charge in [-0.15, -0.1) is 0 Å². The molecule has 0 bridgehead atoms. The molecule has 1 aliphatic heterocycles. The van der Waals surface area contributed by atoms with Gasteiger partial charge in [-0.1, -0.05) is 12.1 Å². The van der Waals surface area contributed by atoms with E-state index in [4.69, 9.17) is 4.74 Å². The van der Waals surface area contributed by atoms with Gasteiger partial charge in [0.25, 0.3) is 0 Å². The van der Waals surface area contributed by atoms with Gasteiger partial charge in [0, 0.05) is 17.6 Å². The topological polar surface area (TPSA) is 43.3 Å². The van der Waals surface area contributed by atoms with Crippen molar-refractivity contribution in [3.8, 4) is 5.75 Å². The number of aromatic nitrogens is 1. The molecule has 1 aromatic carbocycles. The Balaban J connectivity index is 2.39. The number of para-hydroxylation sites is 1. The maximum absolute atomic E-state index is 11.9. The molecule has 2 aromatic rings. The molecular weight excluding hydrogens is 204 g/mol. The number of carbonyl (C=O) groups excluding carboxylic acids is 1. The quantitative estimate of drug-likeness (QED) is 0.783. The number of nitrogens with one attached hydrogen (secondary N) is 1. The predicted molar refractivity (Wildman–Crippen MR) is 60.8 cm³/mol. The second kappa shape index (κ2) is 3.35. The van der Waals surface area contributed by atoms with Crippen LogP contribution < -0.4 is 10.1 Å². The zero-order valence-corrected chi connectivity index (χ0v) is 8.99. The Hall–Kier alpha value is -1.81. The number of hydrogen-bond donors (Lipinski definition) is 1. The molecule has 0 unspecified atom stereocenters. The molecule has 0 amide bonds. The van der Waals surface area contributed by atoms with Crippen molar-refractivity contribution in [1.29, 1.82) is 0 Å². The van der Waals surface area contributed by atoms with Crippen LogP contribution in [0.2, 0.25) is 0 Å². The van der Waals surface area contributed by atoms with Crippen LogP contribution in [0.15, 0.2) is 24.3 Å². The third kappa shape index (κ3) is 1.17. The molecule has 2 heterocycles. The van der Waals surface area contributed by atoms with E-state index < -0.39 is 0 Å². The van der Waals surface area contributed by atoms with Crippen molar-refractivity contribution in [2.24, 2.45) is 0 Å². The summed E-state index contributed by atoms with van der Waals surface area (Å²) < 4.78 is 7.06. The largest absolute Gasteiger partial charge is 0.495 e. The highest BCUT2D eigenvalue weighted by molar-refractivity contribution is 5.98. The molecule has 0 atom stereocenters. The SMILES string of the molecule is COc1cccc2cc3n(c12)C(=O)CNC3. The number of benzene rings is 1. The lowest BCUT2D eigenvalue weighted by atomic mass is 10.2. The molecule has 3 rings (SSSR count). The second-order valence-electron chi connectivity index (χ2n) is 3.87. The zero-order chi connectivity index (χ0) is 11.1. The highest BCUT2D eigenvalue weighted by atomic mass is 16.5. The van der Waals surface area contributed by atoms with Crippen LogP contribution >= 0.6 is 0 Å². The number of ether oxygens (including phenoxy) is 1. The fraction of sp³-hybridized carbons (Fsp3) is 0.250. The summed E-state index contributed by atoms with van der Waals surface area (Å²) in [5.41, 5.74) is 1.88. The Morgan fingerprint density at radius 2 is 2.25 bits per heavy atom. The third-order valence-corrected chi connectivity index (χ3v) is 2.91. The third-order valence-electron chi connectivity index (χ3n) is 2.91. The summed E-state index contributed by atoms with van der Waals surface area (Å²) in [7, 11) is 1.63. The highest BCUT2D eigenvalue weighted by Crippen LogP contribution is 2.29. The van der Waals surface area contributed by atoms with Crippen molar-refractivity contribution in [2.75, 3.05) is 13.7 Å². The Labute approximate surface area is 92.8 Å². The Morgan fingerprint density at radius 1 is 1.38 bits per heavy atom. The molecular formula is C12H12N2O2. The molecule has 4 heteroatoms. The van der Waals surface area contributed by atoms with Gasteiger partial charge in [0.05, 0.1) is 19.2 Å². The fourth-order valence-electron chi connectivity index (χ4n) is 2.24. The van der Waals surface area contributed by atoms with Gasteiger partial charge in [-0.3, -0.25) is 9.36 Å². The number of nitrogens with zero attached hydrogens (tertiary/aromatic N) is 1. The van der Waals surface area contributed by atoms with Gasteiger partial charge in [0.15, 0.2) is 0 Å². The van der Waals surface area contributed by atoms with E-state index in [2.05, 4.69) is 5.32 Å². The van der Waals surface area contributed by atoms with Gasteiger partial charge >= 0.3 is 0 Å². The number of rotatable bonds is 1. The number of fused-ring (bicyclic) bond motifs is 3. The van der Waals surface area contributed by atoms with E-state index in [9.17, 15) is 4.79 Å². The van der Waals surface area contributed by atoms with Crippen LogP contribution in [-0.4, -0.2) is 24.1 Å². The molecule has 0 spiro atoms. The van der Waals surface area contributed by atoms with Crippen LogP contribution in [0.1, 0.15) is 10.5 Å². The fourth-order valence-corrected chi connectivity index (χ4v) is 2.24. The zero-order valence-electron chi connectivity index (χ0n) is 8.99. The minimum absolute atomic E-state index is 0.0701. The second-order valence-corrected chi connectivity index (χ2v) is 3.87. The molecule has 1 aromatic heterocycles. The first-order chi connectivity index (χ1) is 7.81. The first-order valence-electron chi connectivity index (χ1n) is 5.22. The van der Waals surface area contributed by atoms with Gasteiger partial charge < -0.3 is 10.1 Å². The van der Waals surface area contributed by atoms with Crippen LogP contribution in [0.5, 0.6) is 5.75 Å². The molecule has 1 aliphatic rings. The molecule has 82 valence electrons. The van der Waals surface area contributed by atoms with E-state index in [0.717, 1.165) is 28.9 Å².